The molecule has 0 aromatic rings. The number of aliphatic carboxylic acids is 1. The van der Waals surface area contributed by atoms with Crippen LogP contribution < -0.4 is 0 Å². The number of fused-ring (bicyclic) bond motifs is 1. The predicted octanol–water partition coefficient (Wildman–Crippen LogP) is 1.61. The molecule has 1 saturated carbocycles. The molecule has 7 heteroatoms. The Kier molecular flexibility index (Phi) is 3.15. The zero-order valence-electron chi connectivity index (χ0n) is 11.1. The van der Waals surface area contributed by atoms with Crippen LogP contribution in [-0.2, 0) is 14.3 Å². The lowest BCUT2D eigenvalue weighted by atomic mass is 10.0. The number of carboxylic acids is 1. The van der Waals surface area contributed by atoms with E-state index < -0.39 is 41.8 Å². The van der Waals surface area contributed by atoms with Gasteiger partial charge in [-0.15, -0.1) is 0 Å². The molecule has 0 spiro atoms. The number of amides is 2. The minimum absolute atomic E-state index is 0.386. The van der Waals surface area contributed by atoms with Gasteiger partial charge in [0.05, 0.1) is 12.0 Å². The number of carboxylic acid groups (broad SMARTS) is 1. The molecule has 0 bridgehead atoms. The van der Waals surface area contributed by atoms with E-state index in [4.69, 9.17) is 14.6 Å². The zero-order valence-corrected chi connectivity index (χ0v) is 11.1. The molecule has 1 N–H and O–H groups in total. The molecule has 19 heavy (non-hydrogen) atoms. The van der Waals surface area contributed by atoms with Crippen molar-refractivity contribution in [1.29, 1.82) is 0 Å². The van der Waals surface area contributed by atoms with Gasteiger partial charge >= 0.3 is 18.2 Å². The van der Waals surface area contributed by atoms with E-state index in [1.165, 1.54) is 0 Å². The van der Waals surface area contributed by atoms with Gasteiger partial charge in [-0.2, -0.15) is 0 Å². The van der Waals surface area contributed by atoms with Gasteiger partial charge in [0.1, 0.15) is 11.7 Å². The van der Waals surface area contributed by atoms with Gasteiger partial charge in [-0.25, -0.2) is 14.5 Å². The number of imide groups is 1. The standard InChI is InChI=1S/C12H17NO6/c1-12(2,3)19-11(17)13-8-6(9(14)15)4-5-7(8)18-10(13)16/h6-8H,4-5H2,1-3H3,(H,14,15)/t6?,7?,8-/m0/s1. The lowest BCUT2D eigenvalue weighted by Crippen LogP contribution is -2.47. The van der Waals surface area contributed by atoms with Gasteiger partial charge in [-0.05, 0) is 33.6 Å². The smallest absolute Gasteiger partial charge is 0.420 e. The lowest BCUT2D eigenvalue weighted by molar-refractivity contribution is -0.142. The van der Waals surface area contributed by atoms with Crippen LogP contribution >= 0.6 is 0 Å². The quantitative estimate of drug-likeness (QED) is 0.778. The van der Waals surface area contributed by atoms with Crippen LogP contribution in [0.3, 0.4) is 0 Å². The van der Waals surface area contributed by atoms with Crippen LogP contribution in [0.25, 0.3) is 0 Å². The average Bonchev–Trinajstić information content (AvgIpc) is 2.71. The summed E-state index contributed by atoms with van der Waals surface area (Å²) >= 11 is 0. The molecule has 2 fully saturated rings. The van der Waals surface area contributed by atoms with Gasteiger partial charge in [0.25, 0.3) is 0 Å². The van der Waals surface area contributed by atoms with Crippen LogP contribution in [0.15, 0.2) is 0 Å². The van der Waals surface area contributed by atoms with Crippen LogP contribution in [0.4, 0.5) is 9.59 Å². The molecule has 2 amide bonds. The number of nitrogens with zero attached hydrogens (tertiary/aromatic N) is 1. The maximum Gasteiger partial charge on any atom is 0.420 e. The molecule has 1 aliphatic heterocycles. The first-order valence-electron chi connectivity index (χ1n) is 6.16. The minimum Gasteiger partial charge on any atom is -0.481 e. The molecule has 2 rings (SSSR count). The largest absolute Gasteiger partial charge is 0.481 e. The molecule has 0 aromatic heterocycles. The second-order valence-electron chi connectivity index (χ2n) is 5.79. The third kappa shape index (κ3) is 2.50. The summed E-state index contributed by atoms with van der Waals surface area (Å²) in [5.74, 6) is -1.82. The third-order valence-corrected chi connectivity index (χ3v) is 3.21. The number of ether oxygens (including phenoxy) is 2. The van der Waals surface area contributed by atoms with E-state index in [2.05, 4.69) is 0 Å². The SMILES string of the molecule is CC(C)(C)OC(=O)N1C(=O)OC2CCC(C(=O)O)[C@@H]21. The molecule has 7 nitrogen and oxygen atoms in total. The topological polar surface area (TPSA) is 93.1 Å². The molecule has 2 unspecified atom stereocenters. The lowest BCUT2D eigenvalue weighted by Gasteiger charge is -2.26. The fourth-order valence-electron chi connectivity index (χ4n) is 2.50. The molecule has 106 valence electrons. The maximum atomic E-state index is 12.0. The van der Waals surface area contributed by atoms with E-state index in [0.29, 0.717) is 12.8 Å². The third-order valence-electron chi connectivity index (χ3n) is 3.21. The first kappa shape index (κ1) is 13.6. The summed E-state index contributed by atoms with van der Waals surface area (Å²) in [6.45, 7) is 5.02. The molecular weight excluding hydrogens is 254 g/mol. The Morgan fingerprint density at radius 3 is 2.53 bits per heavy atom. The fourth-order valence-corrected chi connectivity index (χ4v) is 2.50. The summed E-state index contributed by atoms with van der Waals surface area (Å²) in [4.78, 5) is 35.7. The van der Waals surface area contributed by atoms with Gasteiger partial charge in [-0.1, -0.05) is 0 Å². The number of carbonyl (C=O) groups is 3. The summed E-state index contributed by atoms with van der Waals surface area (Å²) in [7, 11) is 0. The number of rotatable bonds is 1. The fraction of sp³-hybridized carbons (Fsp3) is 0.750. The van der Waals surface area contributed by atoms with Crippen molar-refractivity contribution in [3.63, 3.8) is 0 Å². The van der Waals surface area contributed by atoms with Gasteiger partial charge in [0.15, 0.2) is 0 Å². The predicted molar refractivity (Wildman–Crippen MR) is 62.5 cm³/mol. The Morgan fingerprint density at radius 1 is 1.37 bits per heavy atom. The second kappa shape index (κ2) is 4.40. The number of carbonyl (C=O) groups excluding carboxylic acids is 2. The average molecular weight is 271 g/mol. The molecule has 2 aliphatic rings. The highest BCUT2D eigenvalue weighted by molar-refractivity contribution is 5.91. The van der Waals surface area contributed by atoms with Crippen LogP contribution in [0, 0.1) is 5.92 Å². The van der Waals surface area contributed by atoms with Gasteiger partial charge < -0.3 is 14.6 Å². The Balaban J connectivity index is 2.20. The molecular formula is C12H17NO6. The van der Waals surface area contributed by atoms with Crippen molar-refractivity contribution < 1.29 is 29.0 Å². The van der Waals surface area contributed by atoms with E-state index in [1.807, 2.05) is 0 Å². The highest BCUT2D eigenvalue weighted by atomic mass is 16.6. The van der Waals surface area contributed by atoms with Gasteiger partial charge in [-0.3, -0.25) is 4.79 Å². The summed E-state index contributed by atoms with van der Waals surface area (Å²) < 4.78 is 10.2. The van der Waals surface area contributed by atoms with Crippen molar-refractivity contribution in [1.82, 2.24) is 4.90 Å². The first-order chi connectivity index (χ1) is 8.70. The number of hydrogen-bond acceptors (Lipinski definition) is 5. The molecule has 0 radical (unpaired) electrons. The molecule has 3 atom stereocenters. The van der Waals surface area contributed by atoms with Crippen molar-refractivity contribution >= 4 is 18.2 Å². The van der Waals surface area contributed by atoms with E-state index in [9.17, 15) is 14.4 Å². The highest BCUT2D eigenvalue weighted by Crippen LogP contribution is 2.38. The van der Waals surface area contributed by atoms with Crippen molar-refractivity contribution in [2.45, 2.75) is 51.4 Å². The summed E-state index contributed by atoms with van der Waals surface area (Å²) in [5, 5.41) is 9.13. The molecule has 0 aromatic carbocycles. The summed E-state index contributed by atoms with van der Waals surface area (Å²) in [6, 6.07) is -0.764. The minimum atomic E-state index is -1.03. The van der Waals surface area contributed by atoms with Crippen LogP contribution in [0.1, 0.15) is 33.6 Å². The van der Waals surface area contributed by atoms with Gasteiger partial charge in [0.2, 0.25) is 0 Å². The normalized spacial score (nSPS) is 29.9. The Labute approximate surface area is 110 Å². The van der Waals surface area contributed by atoms with Crippen molar-refractivity contribution in [3.8, 4) is 0 Å². The van der Waals surface area contributed by atoms with E-state index >= 15 is 0 Å². The maximum absolute atomic E-state index is 12.0. The Bertz CT molecular complexity index is 426. The molecule has 1 saturated heterocycles. The monoisotopic (exact) mass is 271 g/mol. The van der Waals surface area contributed by atoms with Gasteiger partial charge in [0, 0.05) is 0 Å². The second-order valence-corrected chi connectivity index (χ2v) is 5.79. The van der Waals surface area contributed by atoms with Crippen LogP contribution in [0.5, 0.6) is 0 Å². The molecule has 1 heterocycles. The summed E-state index contributed by atoms with van der Waals surface area (Å²) in [5.41, 5.74) is -0.757. The first-order valence-corrected chi connectivity index (χ1v) is 6.16. The van der Waals surface area contributed by atoms with Crippen LogP contribution in [-0.4, -0.2) is 45.9 Å². The van der Waals surface area contributed by atoms with Crippen LogP contribution in [0.2, 0.25) is 0 Å². The van der Waals surface area contributed by atoms with E-state index in [0.717, 1.165) is 4.90 Å². The highest BCUT2D eigenvalue weighted by Gasteiger charge is 2.56. The number of hydrogen-bond donors (Lipinski definition) is 1. The Hall–Kier alpha value is -1.79. The van der Waals surface area contributed by atoms with Crippen molar-refractivity contribution in [3.05, 3.63) is 0 Å². The van der Waals surface area contributed by atoms with Crippen molar-refractivity contribution in [2.24, 2.45) is 5.92 Å². The molecule has 1 aliphatic carbocycles. The van der Waals surface area contributed by atoms with E-state index in [-0.39, 0.29) is 0 Å². The zero-order chi connectivity index (χ0) is 14.4. The Morgan fingerprint density at radius 2 is 2.00 bits per heavy atom. The van der Waals surface area contributed by atoms with E-state index in [1.54, 1.807) is 20.8 Å². The summed E-state index contributed by atoms with van der Waals surface area (Å²) in [6.07, 6.45) is -1.38. The van der Waals surface area contributed by atoms with Crippen molar-refractivity contribution in [2.75, 3.05) is 0 Å².